The zero-order valence-electron chi connectivity index (χ0n) is 20.5. The van der Waals surface area contributed by atoms with Crippen molar-refractivity contribution in [1.29, 1.82) is 5.26 Å². The van der Waals surface area contributed by atoms with Crippen LogP contribution in [-0.4, -0.2) is 19.8 Å². The molecule has 2 atom stereocenters. The van der Waals surface area contributed by atoms with Gasteiger partial charge in [0.1, 0.15) is 6.23 Å². The number of aromatic nitrogens is 1. The molecule has 1 aromatic heterocycles. The number of benzene rings is 2. The van der Waals surface area contributed by atoms with Crippen molar-refractivity contribution in [3.05, 3.63) is 87.3 Å². The molecule has 0 amide bonds. The number of nitrogens with one attached hydrogen (secondary N) is 2. The molecule has 0 aliphatic carbocycles. The molecular weight excluding hydrogens is 505 g/mol. The van der Waals surface area contributed by atoms with E-state index in [9.17, 15) is 27.3 Å². The molecule has 0 fully saturated rings. The van der Waals surface area contributed by atoms with Gasteiger partial charge in [-0.05, 0) is 62.0 Å². The molecule has 0 bridgehead atoms. The van der Waals surface area contributed by atoms with Gasteiger partial charge in [0.2, 0.25) is 0 Å². The monoisotopic (exact) mass is 532 g/mol. The van der Waals surface area contributed by atoms with Gasteiger partial charge < -0.3 is 9.67 Å². The van der Waals surface area contributed by atoms with Gasteiger partial charge in [-0.25, -0.2) is 8.93 Å². The summed E-state index contributed by atoms with van der Waals surface area (Å²) >= 11 is 0. The maximum atomic E-state index is 13.4. The summed E-state index contributed by atoms with van der Waals surface area (Å²) in [6.07, 6.45) is -2.87. The number of nitriles is 1. The highest BCUT2D eigenvalue weighted by molar-refractivity contribution is 7.98. The molecule has 2 unspecified atom stereocenters. The lowest BCUT2D eigenvalue weighted by Crippen LogP contribution is -2.29. The number of rotatable bonds is 8. The highest BCUT2D eigenvalue weighted by Crippen LogP contribution is 2.33. The van der Waals surface area contributed by atoms with E-state index in [1.165, 1.54) is 30.5 Å². The van der Waals surface area contributed by atoms with Crippen molar-refractivity contribution >= 4 is 15.6 Å². The van der Waals surface area contributed by atoms with Crippen LogP contribution in [0.25, 0.3) is 11.1 Å². The second-order valence-corrected chi connectivity index (χ2v) is 10.8. The highest BCUT2D eigenvalue weighted by Gasteiger charge is 2.31. The zero-order chi connectivity index (χ0) is 27.5. The van der Waals surface area contributed by atoms with Crippen LogP contribution in [0.1, 0.15) is 48.5 Å². The lowest BCUT2D eigenvalue weighted by molar-refractivity contribution is -0.137. The Bertz CT molecular complexity index is 1490. The first-order valence-corrected chi connectivity index (χ1v) is 13.0. The Kier molecular flexibility index (Phi) is 8.17. The average molecular weight is 533 g/mol. The molecule has 2 aromatic carbocycles. The minimum atomic E-state index is -4.57. The van der Waals surface area contributed by atoms with Crippen molar-refractivity contribution in [2.24, 2.45) is 0 Å². The number of halogens is 3. The molecule has 0 aliphatic heterocycles. The van der Waals surface area contributed by atoms with Crippen molar-refractivity contribution < 1.29 is 22.5 Å². The van der Waals surface area contributed by atoms with Crippen LogP contribution in [0.5, 0.6) is 0 Å². The third-order valence-electron chi connectivity index (χ3n) is 5.86. The lowest BCUT2D eigenvalue weighted by atomic mass is 9.98. The van der Waals surface area contributed by atoms with Crippen molar-refractivity contribution in [1.82, 2.24) is 14.6 Å². The van der Waals surface area contributed by atoms with Crippen LogP contribution in [0, 0.1) is 18.4 Å². The summed E-state index contributed by atoms with van der Waals surface area (Å²) < 4.78 is 56.2. The molecule has 11 heteroatoms. The Balaban J connectivity index is 1.96. The van der Waals surface area contributed by atoms with Gasteiger partial charge in [0, 0.05) is 30.0 Å². The minimum Gasteiger partial charge on any atom is -0.374 e. The van der Waals surface area contributed by atoms with Crippen molar-refractivity contribution in [2.75, 3.05) is 0 Å². The van der Waals surface area contributed by atoms with Crippen LogP contribution < -0.4 is 15.5 Å². The van der Waals surface area contributed by atoms with Gasteiger partial charge in [0.15, 0.2) is 11.6 Å². The van der Waals surface area contributed by atoms with Gasteiger partial charge in [-0.1, -0.05) is 24.3 Å². The van der Waals surface area contributed by atoms with Crippen molar-refractivity contribution in [2.45, 2.75) is 50.7 Å². The predicted octanol–water partition coefficient (Wildman–Crippen LogP) is 4.27. The molecule has 7 nitrogen and oxygen atoms in total. The molecule has 0 saturated heterocycles. The van der Waals surface area contributed by atoms with Crippen LogP contribution in [0.4, 0.5) is 13.2 Å². The van der Waals surface area contributed by atoms with E-state index < -0.39 is 33.1 Å². The van der Waals surface area contributed by atoms with E-state index >= 15 is 0 Å². The number of aliphatic hydroxyl groups excluding tert-OH is 1. The molecule has 1 heterocycles. The zero-order valence-corrected chi connectivity index (χ0v) is 21.3. The summed E-state index contributed by atoms with van der Waals surface area (Å²) in [5.41, 5.74) is -0.107. The smallest absolute Gasteiger partial charge is 0.374 e. The topological polar surface area (TPSA) is 107 Å². The number of nitrogens with zero attached hydrogens (tertiary/aromatic N) is 2. The standard InChI is InChI=1S/C26H27F3N4O3S/c1-16(2)33-14-22(24(34)23(17(33)3)19-6-5-7-20(12-19)26(27,28)29)25(35)31-13-18-8-10-21(11-9-18)37(4,36)32-15-30/h5-12,14,16,25,31,35H,4,13H2,1-3H3,(H,32,36). The Morgan fingerprint density at radius 3 is 2.41 bits per heavy atom. The first kappa shape index (κ1) is 28.0. The minimum absolute atomic E-state index is 0.0117. The summed E-state index contributed by atoms with van der Waals surface area (Å²) in [5.74, 6) is 3.50. The van der Waals surface area contributed by atoms with Crippen molar-refractivity contribution in [3.63, 3.8) is 0 Å². The number of aliphatic hydroxyl groups is 1. The Hall–Kier alpha value is -3.59. The Morgan fingerprint density at radius 1 is 1.19 bits per heavy atom. The van der Waals surface area contributed by atoms with Gasteiger partial charge in [0.05, 0.1) is 25.7 Å². The van der Waals surface area contributed by atoms with Crippen LogP contribution in [0.15, 0.2) is 64.4 Å². The van der Waals surface area contributed by atoms with E-state index in [0.29, 0.717) is 16.2 Å². The number of hydrogen-bond acceptors (Lipinski definition) is 5. The average Bonchev–Trinajstić information content (AvgIpc) is 2.82. The summed E-state index contributed by atoms with van der Waals surface area (Å²) in [5, 5.41) is 22.4. The molecule has 37 heavy (non-hydrogen) atoms. The molecule has 3 N–H and O–H groups in total. The second-order valence-electron chi connectivity index (χ2n) is 8.77. The lowest BCUT2D eigenvalue weighted by Gasteiger charge is -2.22. The summed E-state index contributed by atoms with van der Waals surface area (Å²) in [6.45, 7) is 5.50. The number of alkyl halides is 3. The summed E-state index contributed by atoms with van der Waals surface area (Å²) in [4.78, 5) is 13.8. The molecular formula is C26H27F3N4O3S. The van der Waals surface area contributed by atoms with Gasteiger partial charge in [-0.15, -0.1) is 0 Å². The molecule has 3 rings (SSSR count). The summed E-state index contributed by atoms with van der Waals surface area (Å²) in [7, 11) is -2.96. The van der Waals surface area contributed by atoms with Gasteiger partial charge in [-0.2, -0.15) is 18.4 Å². The van der Waals surface area contributed by atoms with E-state index in [1.807, 2.05) is 13.8 Å². The molecule has 0 spiro atoms. The predicted molar refractivity (Wildman–Crippen MR) is 137 cm³/mol. The fraction of sp³-hybridized carbons (Fsp3) is 0.269. The molecule has 0 saturated carbocycles. The molecule has 0 aliphatic rings. The van der Waals surface area contributed by atoms with E-state index in [1.54, 1.807) is 29.8 Å². The van der Waals surface area contributed by atoms with Crippen LogP contribution in [-0.2, 0) is 22.4 Å². The van der Waals surface area contributed by atoms with Crippen LogP contribution in [0.3, 0.4) is 0 Å². The first-order chi connectivity index (χ1) is 17.3. The third-order valence-corrected chi connectivity index (χ3v) is 7.31. The molecule has 0 radical (unpaired) electrons. The summed E-state index contributed by atoms with van der Waals surface area (Å²) in [6, 6.07) is 10.8. The fourth-order valence-electron chi connectivity index (χ4n) is 3.95. The van der Waals surface area contributed by atoms with Gasteiger partial charge >= 0.3 is 6.18 Å². The SMILES string of the molecule is C=S(=O)(NC#N)c1ccc(CNC(O)c2cn(C(C)C)c(C)c(-c3cccc(C(F)(F)F)c3)c2=O)cc1. The Morgan fingerprint density at radius 2 is 1.84 bits per heavy atom. The van der Waals surface area contributed by atoms with E-state index in [4.69, 9.17) is 5.26 Å². The fourth-order valence-corrected chi connectivity index (χ4v) is 4.79. The quantitative estimate of drug-likeness (QED) is 0.174. The maximum Gasteiger partial charge on any atom is 0.416 e. The van der Waals surface area contributed by atoms with Gasteiger partial charge in [0.25, 0.3) is 0 Å². The largest absolute Gasteiger partial charge is 0.416 e. The van der Waals surface area contributed by atoms with E-state index in [-0.39, 0.29) is 29.3 Å². The van der Waals surface area contributed by atoms with Crippen molar-refractivity contribution in [3.8, 4) is 17.3 Å². The number of hydrogen-bond donors (Lipinski definition) is 3. The van der Waals surface area contributed by atoms with E-state index in [0.717, 1.165) is 12.1 Å². The number of pyridine rings is 1. The first-order valence-electron chi connectivity index (χ1n) is 11.2. The van der Waals surface area contributed by atoms with E-state index in [2.05, 4.69) is 15.9 Å². The molecule has 196 valence electrons. The van der Waals surface area contributed by atoms with Crippen LogP contribution in [0.2, 0.25) is 0 Å². The maximum absolute atomic E-state index is 13.4. The normalized spacial score (nSPS) is 14.1. The van der Waals surface area contributed by atoms with Gasteiger partial charge in [-0.3, -0.25) is 10.1 Å². The molecule has 3 aromatic rings. The second kappa shape index (κ2) is 10.8. The third kappa shape index (κ3) is 6.22. The highest BCUT2D eigenvalue weighted by atomic mass is 32.2. The van der Waals surface area contributed by atoms with Crippen LogP contribution >= 0.6 is 0 Å². The Labute approximate surface area is 213 Å².